The van der Waals surface area contributed by atoms with Gasteiger partial charge < -0.3 is 9.80 Å². The van der Waals surface area contributed by atoms with Crippen molar-refractivity contribution in [1.82, 2.24) is 0 Å². The van der Waals surface area contributed by atoms with Crippen LogP contribution in [-0.4, -0.2) is 13.2 Å². The molecule has 0 fully saturated rings. The molecule has 4 nitrogen and oxygen atoms in total. The van der Waals surface area contributed by atoms with Gasteiger partial charge in [-0.05, 0) is 51.0 Å². The van der Waals surface area contributed by atoms with Gasteiger partial charge in [0.2, 0.25) is 0 Å². The zero-order valence-electron chi connectivity index (χ0n) is 14.7. The van der Waals surface area contributed by atoms with Crippen molar-refractivity contribution in [2.75, 3.05) is 16.8 Å². The lowest BCUT2D eigenvalue weighted by Crippen LogP contribution is -2.36. The molecule has 0 aliphatic carbocycles. The zero-order chi connectivity index (χ0) is 17.6. The number of fused-ring (bicyclic) bond motifs is 1. The number of nitrogens with zero attached hydrogens (tertiary/aromatic N) is 4. The number of rotatable bonds is 1. The maximum absolute atomic E-state index is 9.57. The fourth-order valence-corrected chi connectivity index (χ4v) is 3.76. The van der Waals surface area contributed by atoms with Crippen LogP contribution in [0, 0.1) is 43.4 Å². The molecule has 1 heterocycles. The molecule has 120 valence electrons. The van der Waals surface area contributed by atoms with Crippen molar-refractivity contribution in [2.45, 2.75) is 33.9 Å². The lowest BCUT2D eigenvalue weighted by molar-refractivity contribution is 0.730. The molecule has 0 amide bonds. The molecule has 4 heteroatoms. The average Bonchev–Trinajstić information content (AvgIpc) is 2.78. The Morgan fingerprint density at radius 2 is 1.58 bits per heavy atom. The molecule has 0 saturated carbocycles. The topological polar surface area (TPSA) is 54.1 Å². The summed E-state index contributed by atoms with van der Waals surface area (Å²) in [6.45, 7) is 8.46. The summed E-state index contributed by atoms with van der Waals surface area (Å²) in [5.74, 6) is 0. The number of aryl methyl sites for hydroxylation is 3. The minimum Gasteiger partial charge on any atom is -0.351 e. The van der Waals surface area contributed by atoms with E-state index in [1.54, 1.807) is 6.07 Å². The molecule has 2 aromatic carbocycles. The quantitative estimate of drug-likeness (QED) is 0.787. The Labute approximate surface area is 143 Å². The van der Waals surface area contributed by atoms with E-state index in [-0.39, 0.29) is 6.17 Å². The van der Waals surface area contributed by atoms with Crippen LogP contribution in [0.4, 0.5) is 17.1 Å². The van der Waals surface area contributed by atoms with Gasteiger partial charge in [0.1, 0.15) is 18.3 Å². The van der Waals surface area contributed by atoms with Gasteiger partial charge in [0.25, 0.3) is 0 Å². The third-order valence-corrected chi connectivity index (χ3v) is 4.81. The molecule has 1 aliphatic rings. The van der Waals surface area contributed by atoms with Crippen molar-refractivity contribution in [1.29, 1.82) is 10.5 Å². The summed E-state index contributed by atoms with van der Waals surface area (Å²) in [4.78, 5) is 4.34. The van der Waals surface area contributed by atoms with Crippen molar-refractivity contribution in [3.05, 3.63) is 52.1 Å². The number of hydrogen-bond acceptors (Lipinski definition) is 4. The average molecular weight is 316 g/mol. The minimum atomic E-state index is 0.0705. The Hall–Kier alpha value is -2.98. The maximum atomic E-state index is 9.57. The van der Waals surface area contributed by atoms with Crippen molar-refractivity contribution in [3.63, 3.8) is 0 Å². The lowest BCUT2D eigenvalue weighted by Gasteiger charge is -2.30. The van der Waals surface area contributed by atoms with Crippen LogP contribution in [0.5, 0.6) is 0 Å². The summed E-state index contributed by atoms with van der Waals surface area (Å²) < 4.78 is 0. The van der Waals surface area contributed by atoms with Gasteiger partial charge in [0.05, 0.1) is 22.5 Å². The third kappa shape index (κ3) is 2.12. The summed E-state index contributed by atoms with van der Waals surface area (Å²) in [7, 11) is 1.98. The van der Waals surface area contributed by atoms with Gasteiger partial charge in [0, 0.05) is 12.7 Å². The van der Waals surface area contributed by atoms with Crippen LogP contribution in [-0.2, 0) is 0 Å². The first kappa shape index (κ1) is 15.9. The molecule has 1 atom stereocenters. The van der Waals surface area contributed by atoms with E-state index >= 15 is 0 Å². The highest BCUT2D eigenvalue weighted by Gasteiger charge is 2.35. The smallest absolute Gasteiger partial charge is 0.103 e. The number of hydrogen-bond donors (Lipinski definition) is 0. The van der Waals surface area contributed by atoms with Crippen LogP contribution < -0.4 is 9.80 Å². The fourth-order valence-electron chi connectivity index (χ4n) is 3.76. The Morgan fingerprint density at radius 3 is 2.12 bits per heavy atom. The molecule has 0 saturated heterocycles. The second-order valence-corrected chi connectivity index (χ2v) is 6.44. The van der Waals surface area contributed by atoms with E-state index in [0.717, 1.165) is 11.4 Å². The van der Waals surface area contributed by atoms with E-state index < -0.39 is 0 Å². The highest BCUT2D eigenvalue weighted by Crippen LogP contribution is 2.47. The van der Waals surface area contributed by atoms with Gasteiger partial charge in [-0.2, -0.15) is 10.5 Å². The first-order valence-electron chi connectivity index (χ1n) is 7.97. The lowest BCUT2D eigenvalue weighted by atomic mass is 10.0. The molecule has 0 radical (unpaired) electrons. The molecule has 0 unspecified atom stereocenters. The normalized spacial score (nSPS) is 15.9. The van der Waals surface area contributed by atoms with E-state index in [2.05, 4.69) is 61.8 Å². The molecule has 0 N–H and O–H groups in total. The van der Waals surface area contributed by atoms with E-state index in [4.69, 9.17) is 0 Å². The second-order valence-electron chi connectivity index (χ2n) is 6.44. The molecule has 3 rings (SSSR count). The third-order valence-electron chi connectivity index (χ3n) is 4.81. The first-order chi connectivity index (χ1) is 11.4. The summed E-state index contributed by atoms with van der Waals surface area (Å²) in [6.07, 6.45) is 0.0705. The Kier molecular flexibility index (Phi) is 3.70. The largest absolute Gasteiger partial charge is 0.351 e. The standard InChI is InChI=1S/C20H20N4/c1-12-8-13(2)19(14(3)9-12)24-15(4)23(5)20-17(11-22)16(10-21)6-7-18(20)24/h6-9,15H,1-5H3/t15-/m0/s1. The predicted molar refractivity (Wildman–Crippen MR) is 96.5 cm³/mol. The van der Waals surface area contributed by atoms with Crippen molar-refractivity contribution < 1.29 is 0 Å². The van der Waals surface area contributed by atoms with Gasteiger partial charge in [-0.15, -0.1) is 0 Å². The Balaban J connectivity index is 2.30. The van der Waals surface area contributed by atoms with Crippen LogP contribution in [0.1, 0.15) is 34.7 Å². The van der Waals surface area contributed by atoms with E-state index in [1.807, 2.05) is 13.1 Å². The van der Waals surface area contributed by atoms with E-state index in [9.17, 15) is 10.5 Å². The van der Waals surface area contributed by atoms with Crippen LogP contribution >= 0.6 is 0 Å². The van der Waals surface area contributed by atoms with Crippen LogP contribution in [0.15, 0.2) is 24.3 Å². The van der Waals surface area contributed by atoms with E-state index in [1.165, 1.54) is 22.4 Å². The van der Waals surface area contributed by atoms with Crippen molar-refractivity contribution >= 4 is 17.1 Å². The highest BCUT2D eigenvalue weighted by atomic mass is 15.4. The SMILES string of the molecule is Cc1cc(C)c(N2c3ccc(C#N)c(C#N)c3N(C)[C@@H]2C)c(C)c1. The summed E-state index contributed by atoms with van der Waals surface area (Å²) in [6, 6.07) is 12.4. The Morgan fingerprint density at radius 1 is 0.958 bits per heavy atom. The van der Waals surface area contributed by atoms with Crippen molar-refractivity contribution in [2.24, 2.45) is 0 Å². The van der Waals surface area contributed by atoms with Gasteiger partial charge in [-0.3, -0.25) is 0 Å². The summed E-state index contributed by atoms with van der Waals surface area (Å²) >= 11 is 0. The second kappa shape index (κ2) is 5.58. The first-order valence-corrected chi connectivity index (χ1v) is 7.97. The van der Waals surface area contributed by atoms with Crippen LogP contribution in [0.3, 0.4) is 0 Å². The van der Waals surface area contributed by atoms with Crippen LogP contribution in [0.25, 0.3) is 0 Å². The number of benzene rings is 2. The van der Waals surface area contributed by atoms with Gasteiger partial charge in [-0.1, -0.05) is 17.7 Å². The molecular formula is C20H20N4. The molecular weight excluding hydrogens is 296 g/mol. The molecule has 0 bridgehead atoms. The molecule has 2 aromatic rings. The Bertz CT molecular complexity index is 891. The number of nitriles is 2. The number of anilines is 3. The minimum absolute atomic E-state index is 0.0705. The fraction of sp³-hybridized carbons (Fsp3) is 0.300. The maximum Gasteiger partial charge on any atom is 0.103 e. The zero-order valence-corrected chi connectivity index (χ0v) is 14.7. The van der Waals surface area contributed by atoms with Gasteiger partial charge in [-0.25, -0.2) is 0 Å². The highest BCUT2D eigenvalue weighted by molar-refractivity contribution is 5.90. The van der Waals surface area contributed by atoms with Crippen LogP contribution in [0.2, 0.25) is 0 Å². The van der Waals surface area contributed by atoms with E-state index in [0.29, 0.717) is 11.1 Å². The molecule has 24 heavy (non-hydrogen) atoms. The summed E-state index contributed by atoms with van der Waals surface area (Å²) in [5, 5.41) is 18.9. The molecule has 1 aliphatic heterocycles. The monoisotopic (exact) mass is 316 g/mol. The van der Waals surface area contributed by atoms with Crippen molar-refractivity contribution in [3.8, 4) is 12.1 Å². The molecule has 0 spiro atoms. The molecule has 0 aromatic heterocycles. The van der Waals surface area contributed by atoms with Gasteiger partial charge >= 0.3 is 0 Å². The van der Waals surface area contributed by atoms with Gasteiger partial charge in [0.15, 0.2) is 0 Å². The predicted octanol–water partition coefficient (Wildman–Crippen LogP) is 4.29. The summed E-state index contributed by atoms with van der Waals surface area (Å²) in [5.41, 5.74) is 7.54.